The summed E-state index contributed by atoms with van der Waals surface area (Å²) < 4.78 is 0. The summed E-state index contributed by atoms with van der Waals surface area (Å²) in [6.45, 7) is 4.12. The standard InChI is InChI=1S/C16H22N2O/c1-12-6-4-5-9-18(12)11-16(19)14-10-17-15-8-3-2-7-13(14)15/h2-3,7-8,10,12,16-17,19H,4-6,9,11H2,1H3/t12-,16-/m1/s1. The van der Waals surface area contributed by atoms with Crippen LogP contribution < -0.4 is 0 Å². The Morgan fingerprint density at radius 3 is 3.05 bits per heavy atom. The number of rotatable bonds is 3. The summed E-state index contributed by atoms with van der Waals surface area (Å²) in [5, 5.41) is 11.7. The summed E-state index contributed by atoms with van der Waals surface area (Å²) in [4.78, 5) is 5.65. The van der Waals surface area contributed by atoms with E-state index in [2.05, 4.69) is 28.9 Å². The van der Waals surface area contributed by atoms with Crippen LogP contribution >= 0.6 is 0 Å². The first-order valence-electron chi connectivity index (χ1n) is 7.24. The Balaban J connectivity index is 1.78. The van der Waals surface area contributed by atoms with Crippen molar-refractivity contribution >= 4 is 10.9 Å². The van der Waals surface area contributed by atoms with Crippen molar-refractivity contribution in [3.8, 4) is 0 Å². The zero-order valence-corrected chi connectivity index (χ0v) is 11.5. The molecule has 0 aliphatic carbocycles. The van der Waals surface area contributed by atoms with Gasteiger partial charge in [-0.25, -0.2) is 0 Å². The highest BCUT2D eigenvalue weighted by molar-refractivity contribution is 5.83. The second-order valence-corrected chi connectivity index (χ2v) is 5.65. The van der Waals surface area contributed by atoms with Crippen LogP contribution in [0, 0.1) is 0 Å². The number of hydrogen-bond acceptors (Lipinski definition) is 2. The number of fused-ring (bicyclic) bond motifs is 1. The van der Waals surface area contributed by atoms with Crippen molar-refractivity contribution < 1.29 is 5.11 Å². The molecule has 0 spiro atoms. The first kappa shape index (κ1) is 12.7. The highest BCUT2D eigenvalue weighted by Gasteiger charge is 2.22. The van der Waals surface area contributed by atoms with E-state index >= 15 is 0 Å². The smallest absolute Gasteiger partial charge is 0.0937 e. The number of nitrogens with zero attached hydrogens (tertiary/aromatic N) is 1. The highest BCUT2D eigenvalue weighted by Crippen LogP contribution is 2.26. The second kappa shape index (κ2) is 5.35. The third-order valence-corrected chi connectivity index (χ3v) is 4.33. The molecule has 19 heavy (non-hydrogen) atoms. The summed E-state index contributed by atoms with van der Waals surface area (Å²) in [5.41, 5.74) is 2.12. The lowest BCUT2D eigenvalue weighted by atomic mass is 10.0. The maximum Gasteiger partial charge on any atom is 0.0937 e. The average Bonchev–Trinajstić information content (AvgIpc) is 2.85. The minimum Gasteiger partial charge on any atom is -0.387 e. The Bertz CT molecular complexity index is 548. The predicted octanol–water partition coefficient (Wildman–Crippen LogP) is 3.08. The maximum atomic E-state index is 10.5. The number of aromatic amines is 1. The van der Waals surface area contributed by atoms with E-state index < -0.39 is 6.10 Å². The van der Waals surface area contributed by atoms with Gasteiger partial charge >= 0.3 is 0 Å². The van der Waals surface area contributed by atoms with Crippen LogP contribution in [-0.2, 0) is 0 Å². The fourth-order valence-electron chi connectivity index (χ4n) is 3.12. The molecule has 0 saturated carbocycles. The maximum absolute atomic E-state index is 10.5. The molecule has 1 aromatic carbocycles. The van der Waals surface area contributed by atoms with Crippen LogP contribution in [0.1, 0.15) is 37.9 Å². The van der Waals surface area contributed by atoms with Gasteiger partial charge in [-0.1, -0.05) is 24.6 Å². The van der Waals surface area contributed by atoms with Gasteiger partial charge < -0.3 is 10.1 Å². The van der Waals surface area contributed by atoms with Crippen LogP contribution in [0.25, 0.3) is 10.9 Å². The van der Waals surface area contributed by atoms with Gasteiger partial charge in [0.1, 0.15) is 0 Å². The molecule has 0 radical (unpaired) electrons. The largest absolute Gasteiger partial charge is 0.387 e. The summed E-state index contributed by atoms with van der Waals surface area (Å²) in [5.74, 6) is 0. The van der Waals surface area contributed by atoms with Gasteiger partial charge in [0, 0.05) is 35.2 Å². The fourth-order valence-corrected chi connectivity index (χ4v) is 3.12. The predicted molar refractivity (Wildman–Crippen MR) is 78.1 cm³/mol. The van der Waals surface area contributed by atoms with Gasteiger partial charge in [0.05, 0.1) is 6.10 Å². The number of benzene rings is 1. The van der Waals surface area contributed by atoms with E-state index in [1.54, 1.807) is 0 Å². The average molecular weight is 258 g/mol. The number of piperidine rings is 1. The minimum atomic E-state index is -0.406. The SMILES string of the molecule is C[C@@H]1CCCCN1C[C@@H](O)c1c[nH]c2ccccc12. The molecule has 1 fully saturated rings. The third kappa shape index (κ3) is 2.53. The molecule has 2 atom stereocenters. The van der Waals surface area contributed by atoms with E-state index in [1.165, 1.54) is 19.3 Å². The first-order valence-corrected chi connectivity index (χ1v) is 7.24. The van der Waals surface area contributed by atoms with Crippen molar-refractivity contribution in [2.75, 3.05) is 13.1 Å². The molecule has 1 aliphatic rings. The number of aliphatic hydroxyl groups excluding tert-OH is 1. The monoisotopic (exact) mass is 258 g/mol. The van der Waals surface area contributed by atoms with Crippen molar-refractivity contribution in [3.63, 3.8) is 0 Å². The number of nitrogens with one attached hydrogen (secondary N) is 1. The number of likely N-dealkylation sites (tertiary alicyclic amines) is 1. The zero-order valence-electron chi connectivity index (χ0n) is 11.5. The molecule has 2 heterocycles. The lowest BCUT2D eigenvalue weighted by molar-refractivity contribution is 0.0740. The van der Waals surface area contributed by atoms with Gasteiger partial charge in [0.25, 0.3) is 0 Å². The molecule has 1 aliphatic heterocycles. The molecule has 0 amide bonds. The van der Waals surface area contributed by atoms with Gasteiger partial charge in [-0.2, -0.15) is 0 Å². The van der Waals surface area contributed by atoms with Crippen LogP contribution in [-0.4, -0.2) is 34.1 Å². The Labute approximate surface area is 114 Å². The molecule has 1 saturated heterocycles. The van der Waals surface area contributed by atoms with Gasteiger partial charge in [0.15, 0.2) is 0 Å². The normalized spacial score (nSPS) is 22.7. The molecule has 0 unspecified atom stereocenters. The van der Waals surface area contributed by atoms with Crippen LogP contribution in [0.5, 0.6) is 0 Å². The minimum absolute atomic E-state index is 0.406. The summed E-state index contributed by atoms with van der Waals surface area (Å²) >= 11 is 0. The van der Waals surface area contributed by atoms with Crippen molar-refractivity contribution in [2.24, 2.45) is 0 Å². The Kier molecular flexibility index (Phi) is 3.58. The van der Waals surface area contributed by atoms with E-state index in [1.807, 2.05) is 18.3 Å². The van der Waals surface area contributed by atoms with Crippen LogP contribution in [0.4, 0.5) is 0 Å². The highest BCUT2D eigenvalue weighted by atomic mass is 16.3. The van der Waals surface area contributed by atoms with E-state index in [4.69, 9.17) is 0 Å². The molecular formula is C16H22N2O. The van der Waals surface area contributed by atoms with Gasteiger partial charge in [-0.15, -0.1) is 0 Å². The first-order chi connectivity index (χ1) is 9.25. The summed E-state index contributed by atoms with van der Waals surface area (Å²) in [7, 11) is 0. The third-order valence-electron chi connectivity index (χ3n) is 4.33. The van der Waals surface area contributed by atoms with E-state index in [0.717, 1.165) is 29.6 Å². The van der Waals surface area contributed by atoms with Crippen LogP contribution in [0.15, 0.2) is 30.5 Å². The molecule has 2 N–H and O–H groups in total. The van der Waals surface area contributed by atoms with Crippen LogP contribution in [0.3, 0.4) is 0 Å². The molecule has 2 aromatic rings. The van der Waals surface area contributed by atoms with Crippen molar-refractivity contribution in [1.29, 1.82) is 0 Å². The van der Waals surface area contributed by atoms with E-state index in [9.17, 15) is 5.11 Å². The molecular weight excluding hydrogens is 236 g/mol. The van der Waals surface area contributed by atoms with Crippen LogP contribution in [0.2, 0.25) is 0 Å². The Morgan fingerprint density at radius 2 is 2.21 bits per heavy atom. The van der Waals surface area contributed by atoms with E-state index in [0.29, 0.717) is 6.04 Å². The summed E-state index contributed by atoms with van der Waals surface area (Å²) in [6.07, 6.45) is 5.37. The molecule has 1 aromatic heterocycles. The van der Waals surface area contributed by atoms with E-state index in [-0.39, 0.29) is 0 Å². The lowest BCUT2D eigenvalue weighted by Gasteiger charge is -2.34. The van der Waals surface area contributed by atoms with Crippen molar-refractivity contribution in [1.82, 2.24) is 9.88 Å². The molecule has 102 valence electrons. The lowest BCUT2D eigenvalue weighted by Crippen LogP contribution is -2.40. The molecule has 3 rings (SSSR count). The molecule has 3 nitrogen and oxygen atoms in total. The Morgan fingerprint density at radius 1 is 1.37 bits per heavy atom. The fraction of sp³-hybridized carbons (Fsp3) is 0.500. The number of aromatic nitrogens is 1. The second-order valence-electron chi connectivity index (χ2n) is 5.65. The number of para-hydroxylation sites is 1. The zero-order chi connectivity index (χ0) is 13.2. The quantitative estimate of drug-likeness (QED) is 0.888. The Hall–Kier alpha value is -1.32. The number of hydrogen-bond donors (Lipinski definition) is 2. The number of H-pyrrole nitrogens is 1. The van der Waals surface area contributed by atoms with Crippen molar-refractivity contribution in [2.45, 2.75) is 38.3 Å². The number of β-amino-alcohol motifs (C(OH)–C–C–N with tert-alkyl or cyclic N) is 1. The molecule has 0 bridgehead atoms. The topological polar surface area (TPSA) is 39.3 Å². The number of aliphatic hydroxyl groups is 1. The van der Waals surface area contributed by atoms with Gasteiger partial charge in [0.2, 0.25) is 0 Å². The molecule has 3 heteroatoms. The van der Waals surface area contributed by atoms with Gasteiger partial charge in [-0.3, -0.25) is 4.90 Å². The summed E-state index contributed by atoms with van der Waals surface area (Å²) in [6, 6.07) is 8.75. The van der Waals surface area contributed by atoms with Gasteiger partial charge in [-0.05, 0) is 32.4 Å². The van der Waals surface area contributed by atoms with Crippen molar-refractivity contribution in [3.05, 3.63) is 36.0 Å².